The fraction of sp³-hybridized carbons (Fsp3) is 0.500. The minimum Gasteiger partial charge on any atom is -0.351 e. The van der Waals surface area contributed by atoms with Crippen molar-refractivity contribution < 1.29 is 4.79 Å². The van der Waals surface area contributed by atoms with Crippen LogP contribution >= 0.6 is 11.3 Å². The van der Waals surface area contributed by atoms with Crippen LogP contribution in [0.2, 0.25) is 0 Å². The number of hydrogen-bond donors (Lipinski definition) is 1. The zero-order valence-corrected chi connectivity index (χ0v) is 12.2. The van der Waals surface area contributed by atoms with Crippen molar-refractivity contribution in [1.29, 1.82) is 0 Å². The second kappa shape index (κ2) is 4.56. The lowest BCUT2D eigenvalue weighted by Crippen LogP contribution is -2.25. The molecule has 1 saturated carbocycles. The molecule has 1 N–H and O–H groups in total. The average Bonchev–Trinajstić information content (AvgIpc) is 3.10. The standard InChI is InChI=1S/C14H17N3OS/c1-7-11-8(2)16-9(3)17-14(11)19-12(7)13(18)15-6-10-4-5-10/h10H,4-6H2,1-3H3,(H,15,18). The van der Waals surface area contributed by atoms with Crippen LogP contribution in [0.1, 0.15) is 39.6 Å². The molecule has 19 heavy (non-hydrogen) atoms. The van der Waals surface area contributed by atoms with Gasteiger partial charge in [0.2, 0.25) is 0 Å². The molecule has 3 rings (SSSR count). The third kappa shape index (κ3) is 2.34. The minimum absolute atomic E-state index is 0.0319. The number of fused-ring (bicyclic) bond motifs is 1. The monoisotopic (exact) mass is 275 g/mol. The summed E-state index contributed by atoms with van der Waals surface area (Å²) in [6.45, 7) is 6.64. The van der Waals surface area contributed by atoms with Crippen LogP contribution in [0.3, 0.4) is 0 Å². The maximum atomic E-state index is 12.2. The Morgan fingerprint density at radius 3 is 2.74 bits per heavy atom. The van der Waals surface area contributed by atoms with Gasteiger partial charge in [-0.2, -0.15) is 0 Å². The van der Waals surface area contributed by atoms with Crippen LogP contribution < -0.4 is 5.32 Å². The van der Waals surface area contributed by atoms with E-state index in [0.717, 1.165) is 38.7 Å². The quantitative estimate of drug-likeness (QED) is 0.937. The van der Waals surface area contributed by atoms with Crippen molar-refractivity contribution in [3.8, 4) is 0 Å². The summed E-state index contributed by atoms with van der Waals surface area (Å²) < 4.78 is 0. The third-order valence-electron chi connectivity index (χ3n) is 3.54. The Morgan fingerprint density at radius 2 is 2.05 bits per heavy atom. The number of rotatable bonds is 3. The van der Waals surface area contributed by atoms with E-state index in [1.165, 1.54) is 24.2 Å². The number of nitrogens with one attached hydrogen (secondary N) is 1. The maximum absolute atomic E-state index is 12.2. The summed E-state index contributed by atoms with van der Waals surface area (Å²) in [6, 6.07) is 0. The van der Waals surface area contributed by atoms with Gasteiger partial charge in [-0.1, -0.05) is 0 Å². The van der Waals surface area contributed by atoms with Gasteiger partial charge in [0.05, 0.1) is 4.88 Å². The zero-order chi connectivity index (χ0) is 13.6. The summed E-state index contributed by atoms with van der Waals surface area (Å²) in [7, 11) is 0. The van der Waals surface area contributed by atoms with Crippen molar-refractivity contribution in [3.05, 3.63) is 22.0 Å². The summed E-state index contributed by atoms with van der Waals surface area (Å²) in [5.74, 6) is 1.49. The Hall–Kier alpha value is -1.49. The Morgan fingerprint density at radius 1 is 1.32 bits per heavy atom. The molecule has 0 aliphatic heterocycles. The van der Waals surface area contributed by atoms with Crippen molar-refractivity contribution in [2.45, 2.75) is 33.6 Å². The van der Waals surface area contributed by atoms with Crippen molar-refractivity contribution >= 4 is 27.5 Å². The van der Waals surface area contributed by atoms with Gasteiger partial charge in [-0.3, -0.25) is 4.79 Å². The van der Waals surface area contributed by atoms with E-state index in [2.05, 4.69) is 15.3 Å². The van der Waals surface area contributed by atoms with Gasteiger partial charge in [0.1, 0.15) is 10.7 Å². The van der Waals surface area contributed by atoms with Crippen LogP contribution in [0.5, 0.6) is 0 Å². The fourth-order valence-electron chi connectivity index (χ4n) is 2.33. The molecule has 1 aliphatic carbocycles. The molecule has 0 atom stereocenters. The summed E-state index contributed by atoms with van der Waals surface area (Å²) in [5.41, 5.74) is 1.96. The van der Waals surface area contributed by atoms with Crippen LogP contribution in [-0.2, 0) is 0 Å². The molecule has 2 heterocycles. The van der Waals surface area contributed by atoms with Gasteiger partial charge in [-0.15, -0.1) is 11.3 Å². The molecule has 0 radical (unpaired) electrons. The first kappa shape index (κ1) is 12.5. The van der Waals surface area contributed by atoms with E-state index >= 15 is 0 Å². The van der Waals surface area contributed by atoms with Gasteiger partial charge >= 0.3 is 0 Å². The van der Waals surface area contributed by atoms with Crippen molar-refractivity contribution in [2.24, 2.45) is 5.92 Å². The summed E-state index contributed by atoms with van der Waals surface area (Å²) in [4.78, 5) is 22.7. The van der Waals surface area contributed by atoms with E-state index in [1.54, 1.807) is 0 Å². The smallest absolute Gasteiger partial charge is 0.261 e. The predicted octanol–water partition coefficient (Wildman–Crippen LogP) is 2.76. The first-order valence-electron chi connectivity index (χ1n) is 6.59. The Kier molecular flexibility index (Phi) is 3.01. The molecule has 2 aromatic heterocycles. The third-order valence-corrected chi connectivity index (χ3v) is 4.72. The molecular formula is C14H17N3OS. The van der Waals surface area contributed by atoms with Crippen molar-refractivity contribution in [1.82, 2.24) is 15.3 Å². The molecule has 0 spiro atoms. The molecular weight excluding hydrogens is 258 g/mol. The van der Waals surface area contributed by atoms with Crippen LogP contribution in [0, 0.1) is 26.7 Å². The SMILES string of the molecule is Cc1nc(C)c2c(C)c(C(=O)NCC3CC3)sc2n1. The molecule has 4 nitrogen and oxygen atoms in total. The topological polar surface area (TPSA) is 54.9 Å². The summed E-state index contributed by atoms with van der Waals surface area (Å²) in [5, 5.41) is 4.05. The van der Waals surface area contributed by atoms with Gasteiger partial charge in [-0.05, 0) is 45.1 Å². The van der Waals surface area contributed by atoms with Crippen molar-refractivity contribution in [2.75, 3.05) is 6.54 Å². The lowest BCUT2D eigenvalue weighted by molar-refractivity contribution is 0.0955. The van der Waals surface area contributed by atoms with E-state index < -0.39 is 0 Å². The summed E-state index contributed by atoms with van der Waals surface area (Å²) in [6.07, 6.45) is 2.49. The van der Waals surface area contributed by atoms with Gasteiger partial charge in [-0.25, -0.2) is 9.97 Å². The molecule has 5 heteroatoms. The molecule has 100 valence electrons. The fourth-order valence-corrected chi connectivity index (χ4v) is 3.52. The first-order valence-corrected chi connectivity index (χ1v) is 7.40. The Labute approximate surface area is 116 Å². The predicted molar refractivity (Wildman–Crippen MR) is 76.7 cm³/mol. The Balaban J connectivity index is 1.96. The highest BCUT2D eigenvalue weighted by molar-refractivity contribution is 7.20. The molecule has 0 aromatic carbocycles. The molecule has 0 bridgehead atoms. The highest BCUT2D eigenvalue weighted by atomic mass is 32.1. The minimum atomic E-state index is 0.0319. The van der Waals surface area contributed by atoms with Crippen molar-refractivity contribution in [3.63, 3.8) is 0 Å². The molecule has 1 aliphatic rings. The average molecular weight is 275 g/mol. The van der Waals surface area contributed by atoms with E-state index in [-0.39, 0.29) is 5.91 Å². The van der Waals surface area contributed by atoms with Gasteiger partial charge in [0.25, 0.3) is 5.91 Å². The normalized spacial score (nSPS) is 14.9. The number of aromatic nitrogens is 2. The number of thiophene rings is 1. The number of aryl methyl sites for hydroxylation is 3. The van der Waals surface area contributed by atoms with Gasteiger partial charge < -0.3 is 5.32 Å². The maximum Gasteiger partial charge on any atom is 0.261 e. The molecule has 1 fully saturated rings. The molecule has 0 unspecified atom stereocenters. The number of amides is 1. The lowest BCUT2D eigenvalue weighted by Gasteiger charge is -2.02. The van der Waals surface area contributed by atoms with Crippen LogP contribution in [0.15, 0.2) is 0 Å². The molecule has 0 saturated heterocycles. The highest BCUT2D eigenvalue weighted by Crippen LogP contribution is 2.32. The number of nitrogens with zero attached hydrogens (tertiary/aromatic N) is 2. The van der Waals surface area contributed by atoms with E-state index in [4.69, 9.17) is 0 Å². The second-order valence-electron chi connectivity index (χ2n) is 5.25. The van der Waals surface area contributed by atoms with Crippen LogP contribution in [0.25, 0.3) is 10.2 Å². The molecule has 1 amide bonds. The van der Waals surface area contributed by atoms with E-state index in [1.807, 2.05) is 20.8 Å². The van der Waals surface area contributed by atoms with Crippen LogP contribution in [0.4, 0.5) is 0 Å². The highest BCUT2D eigenvalue weighted by Gasteiger charge is 2.23. The Bertz CT molecular complexity index is 658. The number of carbonyl (C=O) groups is 1. The van der Waals surface area contributed by atoms with E-state index in [9.17, 15) is 4.79 Å². The van der Waals surface area contributed by atoms with Gasteiger partial charge in [0.15, 0.2) is 0 Å². The summed E-state index contributed by atoms with van der Waals surface area (Å²) >= 11 is 1.47. The largest absolute Gasteiger partial charge is 0.351 e. The van der Waals surface area contributed by atoms with Gasteiger partial charge in [0, 0.05) is 17.6 Å². The zero-order valence-electron chi connectivity index (χ0n) is 11.4. The second-order valence-corrected chi connectivity index (χ2v) is 6.25. The lowest BCUT2D eigenvalue weighted by atomic mass is 10.1. The van der Waals surface area contributed by atoms with E-state index in [0.29, 0.717) is 5.92 Å². The van der Waals surface area contributed by atoms with Crippen LogP contribution in [-0.4, -0.2) is 22.4 Å². The number of hydrogen-bond acceptors (Lipinski definition) is 4. The molecule has 2 aromatic rings. The number of carbonyl (C=O) groups excluding carboxylic acids is 1. The first-order chi connectivity index (χ1) is 9.06.